The quantitative estimate of drug-likeness (QED) is 0.812. The first kappa shape index (κ1) is 16.5. The number of hydrogen-bond acceptors (Lipinski definition) is 5. The summed E-state index contributed by atoms with van der Waals surface area (Å²) in [6.07, 6.45) is 2.19. The highest BCUT2D eigenvalue weighted by molar-refractivity contribution is 6.31. The van der Waals surface area contributed by atoms with Crippen molar-refractivity contribution in [3.05, 3.63) is 11.1 Å². The van der Waals surface area contributed by atoms with E-state index in [9.17, 15) is 9.59 Å². The smallest absolute Gasteiger partial charge is 0.410 e. The van der Waals surface area contributed by atoms with Crippen LogP contribution in [0, 0.1) is 0 Å². The molecule has 1 aliphatic heterocycles. The van der Waals surface area contributed by atoms with Crippen LogP contribution in [0.15, 0.2) is 16.1 Å². The zero-order chi connectivity index (χ0) is 15.4. The minimum atomic E-state index is -1.57. The summed E-state index contributed by atoms with van der Waals surface area (Å²) in [5.41, 5.74) is -2.25. The van der Waals surface area contributed by atoms with Crippen LogP contribution in [0.4, 0.5) is 4.79 Å². The van der Waals surface area contributed by atoms with E-state index < -0.39 is 23.3 Å². The van der Waals surface area contributed by atoms with E-state index in [2.05, 4.69) is 10.3 Å². The third-order valence-corrected chi connectivity index (χ3v) is 2.56. The van der Waals surface area contributed by atoms with Crippen molar-refractivity contribution >= 4 is 29.9 Å². The number of nitrogens with one attached hydrogen (secondary N) is 1. The minimum Gasteiger partial charge on any atom is -0.463 e. The van der Waals surface area contributed by atoms with Crippen LogP contribution < -0.4 is 5.32 Å². The van der Waals surface area contributed by atoms with Gasteiger partial charge in [0.15, 0.2) is 0 Å². The predicted octanol–water partition coefficient (Wildman–Crippen LogP) is 2.37. The number of ether oxygens (including phenoxy) is 2. The second-order valence-electron chi connectivity index (χ2n) is 5.28. The van der Waals surface area contributed by atoms with Crippen molar-refractivity contribution in [1.82, 2.24) is 5.32 Å². The van der Waals surface area contributed by atoms with Crippen LogP contribution in [-0.4, -0.2) is 36.1 Å². The van der Waals surface area contributed by atoms with Gasteiger partial charge in [-0.1, -0.05) is 11.6 Å². The number of esters is 1. The summed E-state index contributed by atoms with van der Waals surface area (Å²) in [4.78, 5) is 28.0. The summed E-state index contributed by atoms with van der Waals surface area (Å²) in [7, 11) is 0. The Balaban J connectivity index is 2.90. The summed E-state index contributed by atoms with van der Waals surface area (Å²) in [5, 5.41) is 2.84. The fourth-order valence-electron chi connectivity index (χ4n) is 1.57. The van der Waals surface area contributed by atoms with Crippen LogP contribution in [0.25, 0.3) is 0 Å². The first-order valence-electron chi connectivity index (χ1n) is 6.27. The van der Waals surface area contributed by atoms with Gasteiger partial charge in [-0.15, -0.1) is 0 Å². The average Bonchev–Trinajstić information content (AvgIpc) is 2.26. The number of dihydropyridines is 1. The molecular weight excluding hydrogens is 284 g/mol. The summed E-state index contributed by atoms with van der Waals surface area (Å²) >= 11 is 5.93. The molecule has 6 nitrogen and oxygen atoms in total. The lowest BCUT2D eigenvalue weighted by Crippen LogP contribution is -2.55. The van der Waals surface area contributed by atoms with Gasteiger partial charge in [0.1, 0.15) is 5.60 Å². The van der Waals surface area contributed by atoms with Crippen molar-refractivity contribution in [2.45, 2.75) is 45.4 Å². The van der Waals surface area contributed by atoms with Gasteiger partial charge in [0.05, 0.1) is 6.61 Å². The van der Waals surface area contributed by atoms with Crippen LogP contribution in [0.2, 0.25) is 0 Å². The molecule has 20 heavy (non-hydrogen) atoms. The van der Waals surface area contributed by atoms with Gasteiger partial charge in [0, 0.05) is 17.7 Å². The zero-order valence-electron chi connectivity index (χ0n) is 12.0. The van der Waals surface area contributed by atoms with Gasteiger partial charge in [-0.05, 0) is 33.8 Å². The SMILES string of the molecule is CCOC(=O)C1(NC(=O)OC(C)(C)C)CC(Cl)=CC=N1. The van der Waals surface area contributed by atoms with Crippen LogP contribution in [0.1, 0.15) is 34.1 Å². The van der Waals surface area contributed by atoms with Crippen LogP contribution in [0.3, 0.4) is 0 Å². The first-order valence-corrected chi connectivity index (χ1v) is 6.64. The monoisotopic (exact) mass is 302 g/mol. The molecule has 1 aliphatic rings. The molecule has 0 saturated heterocycles. The van der Waals surface area contributed by atoms with Gasteiger partial charge in [0.25, 0.3) is 0 Å². The number of rotatable bonds is 3. The maximum Gasteiger partial charge on any atom is 0.410 e. The molecule has 1 unspecified atom stereocenters. The lowest BCUT2D eigenvalue weighted by Gasteiger charge is -2.31. The number of amides is 1. The van der Waals surface area contributed by atoms with E-state index >= 15 is 0 Å². The van der Waals surface area contributed by atoms with Gasteiger partial charge in [-0.2, -0.15) is 0 Å². The topological polar surface area (TPSA) is 77.0 Å². The number of halogens is 1. The normalized spacial score (nSPS) is 21.9. The Morgan fingerprint density at radius 1 is 1.50 bits per heavy atom. The highest BCUT2D eigenvalue weighted by Crippen LogP contribution is 2.26. The highest BCUT2D eigenvalue weighted by atomic mass is 35.5. The van der Waals surface area contributed by atoms with E-state index in [0.29, 0.717) is 5.03 Å². The Morgan fingerprint density at radius 2 is 2.15 bits per heavy atom. The number of allylic oxidation sites excluding steroid dienone is 1. The lowest BCUT2D eigenvalue weighted by atomic mass is 10.0. The minimum absolute atomic E-state index is 0.0309. The molecule has 0 saturated carbocycles. The zero-order valence-corrected chi connectivity index (χ0v) is 12.8. The van der Waals surface area contributed by atoms with Gasteiger partial charge in [-0.3, -0.25) is 10.3 Å². The first-order chi connectivity index (χ1) is 9.18. The number of alkyl carbamates (subject to hydrolysis) is 1. The molecule has 0 aromatic carbocycles. The Kier molecular flexibility index (Phi) is 5.16. The number of carbonyl (C=O) groups is 2. The number of nitrogens with zero attached hydrogens (tertiary/aromatic N) is 1. The van der Waals surface area contributed by atoms with Crippen LogP contribution in [-0.2, 0) is 14.3 Å². The van der Waals surface area contributed by atoms with E-state index in [1.165, 1.54) is 6.21 Å². The van der Waals surface area contributed by atoms with E-state index in [1.807, 2.05) is 0 Å². The van der Waals surface area contributed by atoms with Gasteiger partial charge < -0.3 is 9.47 Å². The van der Waals surface area contributed by atoms with E-state index in [-0.39, 0.29) is 13.0 Å². The highest BCUT2D eigenvalue weighted by Gasteiger charge is 2.43. The Bertz CT molecular complexity index is 454. The van der Waals surface area contributed by atoms with Crippen molar-refractivity contribution < 1.29 is 19.1 Å². The lowest BCUT2D eigenvalue weighted by molar-refractivity contribution is -0.150. The van der Waals surface area contributed by atoms with Crippen molar-refractivity contribution in [2.24, 2.45) is 4.99 Å². The molecule has 1 atom stereocenters. The molecule has 1 amide bonds. The Morgan fingerprint density at radius 3 is 2.65 bits per heavy atom. The molecule has 0 aromatic heterocycles. The summed E-state index contributed by atoms with van der Waals surface area (Å²) in [6, 6.07) is 0. The molecule has 0 aromatic rings. The maximum atomic E-state index is 12.1. The van der Waals surface area contributed by atoms with Crippen molar-refractivity contribution in [1.29, 1.82) is 0 Å². The van der Waals surface area contributed by atoms with E-state index in [1.54, 1.807) is 33.8 Å². The van der Waals surface area contributed by atoms with E-state index in [4.69, 9.17) is 21.1 Å². The molecule has 0 spiro atoms. The molecule has 0 radical (unpaired) electrons. The molecular formula is C13H19ClN2O4. The summed E-state index contributed by atoms with van der Waals surface area (Å²) in [5.74, 6) is -0.673. The molecule has 0 bridgehead atoms. The standard InChI is InChI=1S/C13H19ClN2O4/c1-5-19-10(17)13(8-9(14)6-7-15-13)16-11(18)20-12(2,3)4/h6-7H,5,8H2,1-4H3,(H,16,18). The van der Waals surface area contributed by atoms with Crippen LogP contribution in [0.5, 0.6) is 0 Å². The number of carbonyl (C=O) groups excluding carboxylic acids is 2. The average molecular weight is 303 g/mol. The second kappa shape index (κ2) is 6.26. The molecule has 0 aliphatic carbocycles. The number of hydrogen-bond donors (Lipinski definition) is 1. The summed E-state index contributed by atoms with van der Waals surface area (Å²) < 4.78 is 10.1. The molecule has 7 heteroatoms. The third-order valence-electron chi connectivity index (χ3n) is 2.30. The summed E-state index contributed by atoms with van der Waals surface area (Å²) in [6.45, 7) is 7.01. The number of aliphatic imine (C=N–C) groups is 1. The molecule has 112 valence electrons. The molecule has 1 N–H and O–H groups in total. The molecule has 1 heterocycles. The predicted molar refractivity (Wildman–Crippen MR) is 75.8 cm³/mol. The van der Waals surface area contributed by atoms with Crippen molar-refractivity contribution in [2.75, 3.05) is 6.61 Å². The Hall–Kier alpha value is -1.56. The fraction of sp³-hybridized carbons (Fsp3) is 0.615. The molecule has 0 fully saturated rings. The van der Waals surface area contributed by atoms with E-state index in [0.717, 1.165) is 0 Å². The van der Waals surface area contributed by atoms with Gasteiger partial charge in [-0.25, -0.2) is 9.59 Å². The third kappa shape index (κ3) is 4.52. The second-order valence-corrected chi connectivity index (χ2v) is 5.76. The fourth-order valence-corrected chi connectivity index (χ4v) is 1.82. The maximum absolute atomic E-state index is 12.1. The van der Waals surface area contributed by atoms with Crippen LogP contribution >= 0.6 is 11.6 Å². The Labute approximate surface area is 123 Å². The van der Waals surface area contributed by atoms with Gasteiger partial charge in [0.2, 0.25) is 5.66 Å². The van der Waals surface area contributed by atoms with Crippen molar-refractivity contribution in [3.8, 4) is 0 Å². The largest absolute Gasteiger partial charge is 0.463 e. The van der Waals surface area contributed by atoms with Crippen molar-refractivity contribution in [3.63, 3.8) is 0 Å². The van der Waals surface area contributed by atoms with Gasteiger partial charge >= 0.3 is 12.1 Å². The molecule has 1 rings (SSSR count).